The average molecular weight is 569 g/mol. The third-order valence-corrected chi connectivity index (χ3v) is 7.17. The lowest BCUT2D eigenvalue weighted by molar-refractivity contribution is 0.755. The van der Waals surface area contributed by atoms with Crippen molar-refractivity contribution in [3.05, 3.63) is 128 Å². The van der Waals surface area contributed by atoms with Crippen LogP contribution in [0.25, 0.3) is 44.6 Å². The summed E-state index contributed by atoms with van der Waals surface area (Å²) in [6.07, 6.45) is 0. The molecule has 0 fully saturated rings. The maximum atomic E-state index is 12.6. The first kappa shape index (κ1) is 27.3. The van der Waals surface area contributed by atoms with Crippen molar-refractivity contribution in [2.45, 2.75) is 26.9 Å². The Morgan fingerprint density at radius 3 is 1.62 bits per heavy atom. The highest BCUT2D eigenvalue weighted by atomic mass is 35.5. The molecular weight excluding hydrogens is 543 g/mol. The highest BCUT2D eigenvalue weighted by Crippen LogP contribution is 2.25. The topological polar surface area (TPSA) is 69.8 Å². The van der Waals surface area contributed by atoms with E-state index in [1.165, 1.54) is 0 Å². The van der Waals surface area contributed by atoms with E-state index >= 15 is 0 Å². The van der Waals surface area contributed by atoms with Gasteiger partial charge in [0.15, 0.2) is 0 Å². The summed E-state index contributed by atoms with van der Waals surface area (Å²) in [5, 5.41) is 1.18. The molecule has 0 bridgehead atoms. The highest BCUT2D eigenvalue weighted by Gasteiger charge is 2.14. The van der Waals surface area contributed by atoms with Gasteiger partial charge in [0.2, 0.25) is 0 Å². The van der Waals surface area contributed by atoms with Crippen LogP contribution in [0.5, 0.6) is 0 Å². The summed E-state index contributed by atoms with van der Waals surface area (Å²) in [6, 6.07) is 29.8. The summed E-state index contributed by atoms with van der Waals surface area (Å²) in [5.41, 5.74) is 5.45. The molecule has 0 aliphatic carbocycles. The first-order valence-electron chi connectivity index (χ1n) is 12.9. The number of para-hydroxylation sites is 4. The Bertz CT molecular complexity index is 1950. The van der Waals surface area contributed by atoms with Gasteiger partial charge in [0.1, 0.15) is 11.4 Å². The molecule has 6 aromatic rings. The van der Waals surface area contributed by atoms with E-state index in [-0.39, 0.29) is 11.1 Å². The molecule has 0 spiro atoms. The van der Waals surface area contributed by atoms with Gasteiger partial charge in [-0.15, -0.1) is 0 Å². The molecule has 6 nitrogen and oxygen atoms in total. The minimum atomic E-state index is -0.112. The minimum absolute atomic E-state index is 0.0754. The van der Waals surface area contributed by atoms with E-state index in [1.807, 2.05) is 92.7 Å². The van der Waals surface area contributed by atoms with E-state index in [4.69, 9.17) is 23.2 Å². The predicted molar refractivity (Wildman–Crippen MR) is 164 cm³/mol. The normalized spacial score (nSPS) is 10.9. The zero-order valence-corrected chi connectivity index (χ0v) is 23.5. The van der Waals surface area contributed by atoms with Crippen LogP contribution >= 0.6 is 23.2 Å². The summed E-state index contributed by atoms with van der Waals surface area (Å²) < 4.78 is 3.47. The van der Waals surface area contributed by atoms with E-state index in [9.17, 15) is 9.59 Å². The fourth-order valence-electron chi connectivity index (χ4n) is 4.64. The van der Waals surface area contributed by atoms with Crippen LogP contribution in [0.3, 0.4) is 0 Å². The molecule has 0 saturated heterocycles. The zero-order valence-electron chi connectivity index (χ0n) is 22.0. The van der Waals surface area contributed by atoms with Crippen molar-refractivity contribution in [3.63, 3.8) is 0 Å². The summed E-state index contributed by atoms with van der Waals surface area (Å²) in [5.74, 6) is 0. The Kier molecular flexibility index (Phi) is 8.10. The van der Waals surface area contributed by atoms with Gasteiger partial charge in [0.25, 0.3) is 11.1 Å². The molecule has 200 valence electrons. The number of rotatable bonds is 4. The van der Waals surface area contributed by atoms with Gasteiger partial charge >= 0.3 is 0 Å². The molecule has 0 saturated carbocycles. The maximum absolute atomic E-state index is 12.6. The van der Waals surface area contributed by atoms with Crippen LogP contribution in [0.15, 0.2) is 107 Å². The fraction of sp³-hybridized carbons (Fsp3) is 0.125. The van der Waals surface area contributed by atoms with Crippen molar-refractivity contribution in [2.24, 2.45) is 0 Å². The van der Waals surface area contributed by atoms with Gasteiger partial charge in [-0.25, -0.2) is 9.97 Å². The van der Waals surface area contributed by atoms with Crippen LogP contribution in [-0.2, 0) is 13.1 Å². The highest BCUT2D eigenvalue weighted by molar-refractivity contribution is 6.33. The Morgan fingerprint density at radius 1 is 0.600 bits per heavy atom. The lowest BCUT2D eigenvalue weighted by atomic mass is 10.1. The second-order valence-corrected chi connectivity index (χ2v) is 9.83. The third kappa shape index (κ3) is 5.28. The molecule has 0 N–H and O–H groups in total. The van der Waals surface area contributed by atoms with Crippen molar-refractivity contribution < 1.29 is 0 Å². The second kappa shape index (κ2) is 11.9. The molecule has 0 aliphatic rings. The van der Waals surface area contributed by atoms with E-state index in [2.05, 4.69) is 9.97 Å². The number of halogens is 2. The van der Waals surface area contributed by atoms with Crippen molar-refractivity contribution in [1.82, 2.24) is 19.1 Å². The minimum Gasteiger partial charge on any atom is -0.305 e. The van der Waals surface area contributed by atoms with Gasteiger partial charge in [-0.3, -0.25) is 9.59 Å². The molecule has 2 heterocycles. The molecular formula is C32H26Cl2N4O2. The number of benzene rings is 4. The average Bonchev–Trinajstić information content (AvgIpc) is 2.98. The van der Waals surface area contributed by atoms with Crippen LogP contribution in [0.4, 0.5) is 0 Å². The largest absolute Gasteiger partial charge is 0.305 e. The summed E-state index contributed by atoms with van der Waals surface area (Å²) >= 11 is 12.1. The Balaban J connectivity index is 0.000000161. The lowest BCUT2D eigenvalue weighted by Gasteiger charge is -2.11. The fourth-order valence-corrected chi connectivity index (χ4v) is 4.99. The number of aryl methyl sites for hydroxylation is 2. The first-order chi connectivity index (χ1) is 19.4. The molecule has 0 amide bonds. The zero-order chi connectivity index (χ0) is 28.2. The standard InChI is InChI=1S/2C16H13ClN2O/c1-2-19-14-10-6-5-9-13(14)18-15(16(19)20)11-7-3-4-8-12(11)17;1-2-19-14-6-4-3-5-13(14)18-15(16(19)20)11-7-9-12(17)10-8-11/h2*3-10H,2H2,1H3. The SMILES string of the molecule is CCn1c(=O)c(-c2ccc(Cl)cc2)nc2ccccc21.CCn1c(=O)c(-c2ccccc2Cl)nc2ccccc21. The van der Waals surface area contributed by atoms with Crippen LogP contribution < -0.4 is 11.1 Å². The second-order valence-electron chi connectivity index (χ2n) is 8.98. The molecule has 0 radical (unpaired) electrons. The Morgan fingerprint density at radius 2 is 1.07 bits per heavy atom. The van der Waals surface area contributed by atoms with E-state index in [1.54, 1.807) is 27.3 Å². The van der Waals surface area contributed by atoms with E-state index in [0.29, 0.717) is 40.1 Å². The first-order valence-corrected chi connectivity index (χ1v) is 13.7. The molecule has 40 heavy (non-hydrogen) atoms. The number of hydrogen-bond donors (Lipinski definition) is 0. The molecule has 0 aliphatic heterocycles. The van der Waals surface area contributed by atoms with E-state index < -0.39 is 0 Å². The van der Waals surface area contributed by atoms with Crippen molar-refractivity contribution >= 4 is 45.3 Å². The van der Waals surface area contributed by atoms with Gasteiger partial charge in [-0.05, 0) is 56.3 Å². The van der Waals surface area contributed by atoms with Crippen molar-refractivity contribution in [3.8, 4) is 22.5 Å². The quantitative estimate of drug-likeness (QED) is 0.221. The van der Waals surface area contributed by atoms with Gasteiger partial charge in [-0.1, -0.05) is 77.8 Å². The smallest absolute Gasteiger partial charge is 0.277 e. The van der Waals surface area contributed by atoms with Crippen molar-refractivity contribution in [2.75, 3.05) is 0 Å². The van der Waals surface area contributed by atoms with Crippen LogP contribution in [-0.4, -0.2) is 19.1 Å². The third-order valence-electron chi connectivity index (χ3n) is 6.58. The van der Waals surface area contributed by atoms with E-state index in [0.717, 1.165) is 27.6 Å². The van der Waals surface area contributed by atoms with Gasteiger partial charge in [0, 0.05) is 29.2 Å². The molecule has 4 aromatic carbocycles. The van der Waals surface area contributed by atoms with Crippen LogP contribution in [0, 0.1) is 0 Å². The number of aromatic nitrogens is 4. The lowest BCUT2D eigenvalue weighted by Crippen LogP contribution is -2.23. The van der Waals surface area contributed by atoms with Crippen LogP contribution in [0.1, 0.15) is 13.8 Å². The number of fused-ring (bicyclic) bond motifs is 2. The van der Waals surface area contributed by atoms with Crippen molar-refractivity contribution in [1.29, 1.82) is 0 Å². The van der Waals surface area contributed by atoms with Crippen LogP contribution in [0.2, 0.25) is 10.0 Å². The van der Waals surface area contributed by atoms with Gasteiger partial charge in [-0.2, -0.15) is 0 Å². The summed E-state index contributed by atoms with van der Waals surface area (Å²) in [6.45, 7) is 5.12. The number of hydrogen-bond acceptors (Lipinski definition) is 4. The maximum Gasteiger partial charge on any atom is 0.277 e. The Hall–Kier alpha value is -4.26. The Labute approximate surface area is 241 Å². The molecule has 0 atom stereocenters. The number of nitrogens with zero attached hydrogens (tertiary/aromatic N) is 4. The summed E-state index contributed by atoms with van der Waals surface area (Å²) in [7, 11) is 0. The van der Waals surface area contributed by atoms with Gasteiger partial charge in [0.05, 0.1) is 27.1 Å². The monoisotopic (exact) mass is 568 g/mol. The summed E-state index contributed by atoms with van der Waals surface area (Å²) in [4.78, 5) is 34.2. The molecule has 6 rings (SSSR count). The predicted octanol–water partition coefficient (Wildman–Crippen LogP) is 7.47. The molecule has 2 aromatic heterocycles. The molecule has 0 unspecified atom stereocenters. The molecule has 8 heteroatoms. The van der Waals surface area contributed by atoms with Gasteiger partial charge < -0.3 is 9.13 Å².